The number of hydrogen-bond donors (Lipinski definition) is 2. The Morgan fingerprint density at radius 2 is 2.05 bits per heavy atom. The molecule has 0 bridgehead atoms. The molecule has 1 saturated carbocycles. The fraction of sp³-hybridized carbons (Fsp3) is 0.500. The lowest BCUT2D eigenvalue weighted by Gasteiger charge is -2.25. The molecule has 0 heterocycles. The first-order valence-corrected chi connectivity index (χ1v) is 7.96. The number of rotatable bonds is 5. The van der Waals surface area contributed by atoms with E-state index in [-0.39, 0.29) is 24.2 Å². The number of amides is 1. The van der Waals surface area contributed by atoms with Gasteiger partial charge in [-0.15, -0.1) is 0 Å². The van der Waals surface area contributed by atoms with Crippen molar-refractivity contribution in [3.05, 3.63) is 35.9 Å². The summed E-state index contributed by atoms with van der Waals surface area (Å²) in [7, 11) is 0. The minimum absolute atomic E-state index is 0.0865. The summed E-state index contributed by atoms with van der Waals surface area (Å²) in [6.45, 7) is 3.97. The molecule has 0 aromatic heterocycles. The van der Waals surface area contributed by atoms with Crippen LogP contribution in [0.15, 0.2) is 30.3 Å². The third-order valence-corrected chi connectivity index (χ3v) is 3.70. The van der Waals surface area contributed by atoms with Crippen LogP contribution in [0, 0.1) is 0 Å². The number of aliphatic hydroxyl groups is 1. The highest BCUT2D eigenvalue weighted by molar-refractivity contribution is 5.91. The van der Waals surface area contributed by atoms with Crippen LogP contribution in [0.2, 0.25) is 0 Å². The molecule has 0 spiro atoms. The lowest BCUT2D eigenvalue weighted by molar-refractivity contribution is -0.117. The summed E-state index contributed by atoms with van der Waals surface area (Å²) in [4.78, 5) is 11.9. The second-order valence-corrected chi connectivity index (χ2v) is 6.09. The first-order valence-electron chi connectivity index (χ1n) is 7.96. The molecule has 1 aromatic carbocycles. The summed E-state index contributed by atoms with van der Waals surface area (Å²) in [5.74, 6) is 0.718. The van der Waals surface area contributed by atoms with E-state index in [9.17, 15) is 9.90 Å². The Morgan fingerprint density at radius 1 is 1.32 bits per heavy atom. The first-order chi connectivity index (χ1) is 10.5. The highest BCUT2D eigenvalue weighted by Gasteiger charge is 2.19. The lowest BCUT2D eigenvalue weighted by atomic mass is 9.93. The molecule has 4 heteroatoms. The minimum atomic E-state index is -0.201. The molecule has 2 N–H and O–H groups in total. The molecule has 0 aliphatic heterocycles. The van der Waals surface area contributed by atoms with Crippen molar-refractivity contribution in [1.82, 2.24) is 5.32 Å². The largest absolute Gasteiger partial charge is 0.491 e. The van der Waals surface area contributed by atoms with Gasteiger partial charge in [0.2, 0.25) is 5.91 Å². The fourth-order valence-electron chi connectivity index (χ4n) is 2.61. The fourth-order valence-corrected chi connectivity index (χ4v) is 2.61. The highest BCUT2D eigenvalue weighted by atomic mass is 16.5. The summed E-state index contributed by atoms with van der Waals surface area (Å²) in [5, 5.41) is 12.5. The molecule has 1 aliphatic carbocycles. The maximum atomic E-state index is 11.9. The van der Waals surface area contributed by atoms with Crippen LogP contribution >= 0.6 is 0 Å². The van der Waals surface area contributed by atoms with E-state index < -0.39 is 0 Å². The summed E-state index contributed by atoms with van der Waals surface area (Å²) >= 11 is 0. The number of ether oxygens (including phenoxy) is 1. The smallest absolute Gasteiger partial charge is 0.244 e. The van der Waals surface area contributed by atoms with Gasteiger partial charge in [0.15, 0.2) is 0 Å². The van der Waals surface area contributed by atoms with E-state index in [0.717, 1.165) is 37.0 Å². The second-order valence-electron chi connectivity index (χ2n) is 6.09. The van der Waals surface area contributed by atoms with Crippen LogP contribution in [0.3, 0.4) is 0 Å². The van der Waals surface area contributed by atoms with Crippen molar-refractivity contribution < 1.29 is 14.6 Å². The number of nitrogens with one attached hydrogen (secondary N) is 1. The molecular weight excluding hydrogens is 278 g/mol. The number of carbonyl (C=O) groups excluding carboxylic acids is 1. The zero-order chi connectivity index (χ0) is 15.9. The van der Waals surface area contributed by atoms with Gasteiger partial charge in [-0.05, 0) is 63.3 Å². The van der Waals surface area contributed by atoms with Crippen molar-refractivity contribution in [3.63, 3.8) is 0 Å². The van der Waals surface area contributed by atoms with E-state index in [1.807, 2.05) is 38.1 Å². The normalized spacial score (nSPS) is 22.0. The molecule has 1 aromatic rings. The van der Waals surface area contributed by atoms with Gasteiger partial charge >= 0.3 is 0 Å². The molecule has 1 aliphatic rings. The van der Waals surface area contributed by atoms with Crippen LogP contribution in [0.25, 0.3) is 6.08 Å². The Morgan fingerprint density at radius 3 is 2.73 bits per heavy atom. The van der Waals surface area contributed by atoms with Crippen molar-refractivity contribution in [1.29, 1.82) is 0 Å². The third kappa shape index (κ3) is 5.53. The van der Waals surface area contributed by atoms with Crippen molar-refractivity contribution in [2.75, 3.05) is 0 Å². The molecule has 0 radical (unpaired) electrons. The molecule has 0 atom stereocenters. The van der Waals surface area contributed by atoms with Gasteiger partial charge in [0.05, 0.1) is 12.2 Å². The predicted octanol–water partition coefficient (Wildman–Crippen LogP) is 2.91. The van der Waals surface area contributed by atoms with Crippen molar-refractivity contribution >= 4 is 12.0 Å². The number of benzene rings is 1. The van der Waals surface area contributed by atoms with Gasteiger partial charge in [-0.1, -0.05) is 12.1 Å². The van der Waals surface area contributed by atoms with E-state index in [2.05, 4.69) is 5.32 Å². The molecule has 1 amide bonds. The maximum Gasteiger partial charge on any atom is 0.244 e. The summed E-state index contributed by atoms with van der Waals surface area (Å²) < 4.78 is 5.64. The first kappa shape index (κ1) is 16.6. The lowest BCUT2D eigenvalue weighted by Crippen LogP contribution is -2.37. The van der Waals surface area contributed by atoms with Gasteiger partial charge in [-0.2, -0.15) is 0 Å². The monoisotopic (exact) mass is 303 g/mol. The van der Waals surface area contributed by atoms with Crippen molar-refractivity contribution in [2.24, 2.45) is 0 Å². The van der Waals surface area contributed by atoms with Crippen LogP contribution in [0.1, 0.15) is 45.1 Å². The van der Waals surface area contributed by atoms with Gasteiger partial charge < -0.3 is 15.2 Å². The number of carbonyl (C=O) groups is 1. The Kier molecular flexibility index (Phi) is 6.01. The molecule has 22 heavy (non-hydrogen) atoms. The SMILES string of the molecule is CC(C)Oc1cccc(/C=C/C(=O)NC2CCC(O)CC2)c1. The molecule has 2 rings (SSSR count). The standard InChI is InChI=1S/C18H25NO3/c1-13(2)22-17-5-3-4-14(12-17)6-11-18(21)19-15-7-9-16(20)10-8-15/h3-6,11-13,15-16,20H,7-10H2,1-2H3,(H,19,21)/b11-6+. The Bertz CT molecular complexity index is 517. The zero-order valence-electron chi connectivity index (χ0n) is 13.3. The van der Waals surface area contributed by atoms with Gasteiger partial charge in [-0.25, -0.2) is 0 Å². The van der Waals surface area contributed by atoms with Crippen LogP contribution in [0.5, 0.6) is 5.75 Å². The van der Waals surface area contributed by atoms with E-state index in [4.69, 9.17) is 4.74 Å². The Hall–Kier alpha value is -1.81. The average Bonchev–Trinajstić information content (AvgIpc) is 2.47. The van der Waals surface area contributed by atoms with Crippen molar-refractivity contribution in [3.8, 4) is 5.75 Å². The zero-order valence-corrected chi connectivity index (χ0v) is 13.3. The number of hydrogen-bond acceptors (Lipinski definition) is 3. The second kappa shape index (κ2) is 7.99. The molecule has 4 nitrogen and oxygen atoms in total. The summed E-state index contributed by atoms with van der Waals surface area (Å²) in [6, 6.07) is 7.85. The average molecular weight is 303 g/mol. The van der Waals surface area contributed by atoms with E-state index >= 15 is 0 Å². The van der Waals surface area contributed by atoms with E-state index in [1.165, 1.54) is 0 Å². The molecular formula is C18H25NO3. The Labute approximate surface area is 132 Å². The summed E-state index contributed by atoms with van der Waals surface area (Å²) in [5.41, 5.74) is 0.937. The van der Waals surface area contributed by atoms with Gasteiger partial charge in [0.25, 0.3) is 0 Å². The maximum absolute atomic E-state index is 11.9. The summed E-state index contributed by atoms with van der Waals surface area (Å²) in [6.07, 6.45) is 6.50. The van der Waals surface area contributed by atoms with Crippen LogP contribution in [-0.4, -0.2) is 29.3 Å². The highest BCUT2D eigenvalue weighted by Crippen LogP contribution is 2.18. The quantitative estimate of drug-likeness (QED) is 0.822. The number of aliphatic hydroxyl groups excluding tert-OH is 1. The van der Waals surface area contributed by atoms with Crippen LogP contribution in [0.4, 0.5) is 0 Å². The molecule has 0 unspecified atom stereocenters. The Balaban J connectivity index is 1.86. The van der Waals surface area contributed by atoms with E-state index in [1.54, 1.807) is 12.2 Å². The van der Waals surface area contributed by atoms with Gasteiger partial charge in [0, 0.05) is 12.1 Å². The van der Waals surface area contributed by atoms with Gasteiger partial charge in [0.1, 0.15) is 5.75 Å². The minimum Gasteiger partial charge on any atom is -0.491 e. The van der Waals surface area contributed by atoms with E-state index in [0.29, 0.717) is 0 Å². The molecule has 0 saturated heterocycles. The van der Waals surface area contributed by atoms with Gasteiger partial charge in [-0.3, -0.25) is 4.79 Å². The third-order valence-electron chi connectivity index (χ3n) is 3.70. The topological polar surface area (TPSA) is 58.6 Å². The van der Waals surface area contributed by atoms with Crippen LogP contribution in [-0.2, 0) is 4.79 Å². The van der Waals surface area contributed by atoms with Crippen LogP contribution < -0.4 is 10.1 Å². The van der Waals surface area contributed by atoms with Crippen molar-refractivity contribution in [2.45, 2.75) is 57.8 Å². The predicted molar refractivity (Wildman–Crippen MR) is 87.6 cm³/mol. The molecule has 1 fully saturated rings. The molecule has 120 valence electrons.